The molecule has 0 unspecified atom stereocenters. The number of ether oxygens (including phenoxy) is 2. The minimum Gasteiger partial charge on any atom is -0.496 e. The Labute approximate surface area is 169 Å². The van der Waals surface area contributed by atoms with E-state index in [1.165, 1.54) is 13.0 Å². The summed E-state index contributed by atoms with van der Waals surface area (Å²) in [6.07, 6.45) is 4.80. The smallest absolute Gasteiger partial charge is 0.331 e. The average molecular weight is 390 g/mol. The van der Waals surface area contributed by atoms with Gasteiger partial charge in [-0.2, -0.15) is 5.10 Å². The second kappa shape index (κ2) is 9.50. The first kappa shape index (κ1) is 20.1. The SMILES string of the molecule is COc1ccccc1-c1nn(Cc2ccccc2)cc1/C=C/C(=O)OCC(C)=O. The lowest BCUT2D eigenvalue weighted by Gasteiger charge is -2.06. The topological polar surface area (TPSA) is 70.4 Å². The fourth-order valence-corrected chi connectivity index (χ4v) is 2.84. The summed E-state index contributed by atoms with van der Waals surface area (Å²) in [4.78, 5) is 22.9. The van der Waals surface area contributed by atoms with Crippen LogP contribution in [0.15, 0.2) is 66.9 Å². The lowest BCUT2D eigenvalue weighted by molar-refractivity contribution is -0.142. The van der Waals surface area contributed by atoms with Gasteiger partial charge >= 0.3 is 5.97 Å². The van der Waals surface area contributed by atoms with Crippen molar-refractivity contribution in [1.82, 2.24) is 9.78 Å². The second-order valence-electron chi connectivity index (χ2n) is 6.46. The summed E-state index contributed by atoms with van der Waals surface area (Å²) in [6.45, 7) is 1.71. The summed E-state index contributed by atoms with van der Waals surface area (Å²) in [5.74, 6) is -0.106. The molecule has 0 N–H and O–H groups in total. The highest BCUT2D eigenvalue weighted by molar-refractivity contribution is 5.90. The molecule has 0 fully saturated rings. The predicted molar refractivity (Wildman–Crippen MR) is 110 cm³/mol. The van der Waals surface area contributed by atoms with Crippen molar-refractivity contribution >= 4 is 17.8 Å². The summed E-state index contributed by atoms with van der Waals surface area (Å²) in [5, 5.41) is 4.72. The zero-order chi connectivity index (χ0) is 20.6. The summed E-state index contributed by atoms with van der Waals surface area (Å²) >= 11 is 0. The number of para-hydroxylation sites is 1. The van der Waals surface area contributed by atoms with Gasteiger partial charge in [0.25, 0.3) is 0 Å². The Morgan fingerprint density at radius 1 is 1.07 bits per heavy atom. The summed E-state index contributed by atoms with van der Waals surface area (Å²) in [5.41, 5.74) is 3.36. The van der Waals surface area contributed by atoms with Crippen molar-refractivity contribution in [3.63, 3.8) is 0 Å². The van der Waals surface area contributed by atoms with Crippen LogP contribution >= 0.6 is 0 Å². The van der Waals surface area contributed by atoms with Gasteiger partial charge in [0.1, 0.15) is 18.1 Å². The molecule has 0 spiro atoms. The Kier molecular flexibility index (Phi) is 6.58. The number of esters is 1. The van der Waals surface area contributed by atoms with Gasteiger partial charge in [-0.15, -0.1) is 0 Å². The molecular weight excluding hydrogens is 368 g/mol. The highest BCUT2D eigenvalue weighted by Gasteiger charge is 2.14. The maximum Gasteiger partial charge on any atom is 0.331 e. The standard InChI is InChI=1S/C23H22N2O4/c1-17(26)16-29-22(27)13-12-19-15-25(14-18-8-4-3-5-9-18)24-23(19)20-10-6-7-11-21(20)28-2/h3-13,15H,14,16H2,1-2H3/b13-12+. The van der Waals surface area contributed by atoms with Gasteiger partial charge in [0.05, 0.1) is 13.7 Å². The van der Waals surface area contributed by atoms with E-state index in [2.05, 4.69) is 0 Å². The molecule has 0 atom stereocenters. The maximum absolute atomic E-state index is 11.9. The molecule has 29 heavy (non-hydrogen) atoms. The monoisotopic (exact) mass is 390 g/mol. The Balaban J connectivity index is 1.94. The Morgan fingerprint density at radius 2 is 1.79 bits per heavy atom. The van der Waals surface area contributed by atoms with Crippen LogP contribution in [0.3, 0.4) is 0 Å². The van der Waals surface area contributed by atoms with Gasteiger partial charge in [-0.1, -0.05) is 42.5 Å². The highest BCUT2D eigenvalue weighted by atomic mass is 16.5. The van der Waals surface area contributed by atoms with Crippen LogP contribution < -0.4 is 4.74 Å². The van der Waals surface area contributed by atoms with E-state index < -0.39 is 5.97 Å². The normalized spacial score (nSPS) is 10.8. The largest absolute Gasteiger partial charge is 0.496 e. The van der Waals surface area contributed by atoms with E-state index in [1.807, 2.05) is 65.5 Å². The number of aromatic nitrogens is 2. The van der Waals surface area contributed by atoms with Crippen LogP contribution in [0.4, 0.5) is 0 Å². The van der Waals surface area contributed by atoms with E-state index in [0.717, 1.165) is 16.7 Å². The number of methoxy groups -OCH3 is 1. The number of carbonyl (C=O) groups excluding carboxylic acids is 2. The van der Waals surface area contributed by atoms with Crippen LogP contribution in [-0.2, 0) is 20.9 Å². The molecule has 0 saturated carbocycles. The molecule has 1 heterocycles. The molecule has 148 valence electrons. The van der Waals surface area contributed by atoms with Crippen molar-refractivity contribution < 1.29 is 19.1 Å². The molecule has 0 aliphatic heterocycles. The van der Waals surface area contributed by atoms with Gasteiger partial charge in [-0.05, 0) is 30.7 Å². The Morgan fingerprint density at radius 3 is 2.52 bits per heavy atom. The summed E-state index contributed by atoms with van der Waals surface area (Å²) in [7, 11) is 1.61. The first-order valence-corrected chi connectivity index (χ1v) is 9.16. The van der Waals surface area contributed by atoms with Gasteiger partial charge < -0.3 is 9.47 Å². The zero-order valence-electron chi connectivity index (χ0n) is 16.4. The number of Topliss-reactive ketones (excluding diaryl/α,β-unsaturated/α-hetero) is 1. The van der Waals surface area contributed by atoms with Crippen molar-refractivity contribution in [2.75, 3.05) is 13.7 Å². The van der Waals surface area contributed by atoms with E-state index in [-0.39, 0.29) is 12.4 Å². The summed E-state index contributed by atoms with van der Waals surface area (Å²) in [6, 6.07) is 17.5. The third kappa shape index (κ3) is 5.42. The number of benzene rings is 2. The van der Waals surface area contributed by atoms with E-state index in [9.17, 15) is 9.59 Å². The van der Waals surface area contributed by atoms with Gasteiger partial charge in [-0.3, -0.25) is 9.48 Å². The minimum atomic E-state index is -0.581. The molecule has 6 heteroatoms. The van der Waals surface area contributed by atoms with Gasteiger partial charge in [0.15, 0.2) is 5.78 Å². The number of nitrogens with zero attached hydrogens (tertiary/aromatic N) is 2. The van der Waals surface area contributed by atoms with Crippen LogP contribution in [0.5, 0.6) is 5.75 Å². The van der Waals surface area contributed by atoms with Crippen LogP contribution in [0, 0.1) is 0 Å². The van der Waals surface area contributed by atoms with Crippen LogP contribution in [0.2, 0.25) is 0 Å². The highest BCUT2D eigenvalue weighted by Crippen LogP contribution is 2.31. The van der Waals surface area contributed by atoms with Crippen LogP contribution in [0.25, 0.3) is 17.3 Å². The molecule has 0 aliphatic carbocycles. The Hall–Kier alpha value is -3.67. The van der Waals surface area contributed by atoms with Crippen molar-refractivity contribution in [1.29, 1.82) is 0 Å². The third-order valence-electron chi connectivity index (χ3n) is 4.16. The Bertz CT molecular complexity index is 1020. The number of hydrogen-bond acceptors (Lipinski definition) is 5. The lowest BCUT2D eigenvalue weighted by Crippen LogP contribution is -2.08. The molecule has 0 saturated heterocycles. The molecule has 1 aromatic heterocycles. The molecule has 0 amide bonds. The number of carbonyl (C=O) groups is 2. The first-order valence-electron chi connectivity index (χ1n) is 9.16. The molecule has 0 aliphatic rings. The van der Waals surface area contributed by atoms with Crippen molar-refractivity contribution in [3.8, 4) is 17.0 Å². The van der Waals surface area contributed by atoms with Gasteiger partial charge in [0, 0.05) is 23.4 Å². The molecular formula is C23H22N2O4. The van der Waals surface area contributed by atoms with Crippen LogP contribution in [-0.4, -0.2) is 35.2 Å². The van der Waals surface area contributed by atoms with E-state index in [1.54, 1.807) is 13.2 Å². The second-order valence-corrected chi connectivity index (χ2v) is 6.46. The van der Waals surface area contributed by atoms with Crippen molar-refractivity contribution in [2.45, 2.75) is 13.5 Å². The molecule has 0 bridgehead atoms. The average Bonchev–Trinajstić information content (AvgIpc) is 3.13. The number of ketones is 1. The molecule has 3 rings (SSSR count). The predicted octanol–water partition coefficient (Wildman–Crippen LogP) is 3.75. The minimum absolute atomic E-state index is 0.211. The van der Waals surface area contributed by atoms with Crippen molar-refractivity contribution in [3.05, 3.63) is 78.0 Å². The maximum atomic E-state index is 11.9. The summed E-state index contributed by atoms with van der Waals surface area (Å²) < 4.78 is 12.2. The molecule has 0 radical (unpaired) electrons. The first-order chi connectivity index (χ1) is 14.1. The molecule has 6 nitrogen and oxygen atoms in total. The fraction of sp³-hybridized carbons (Fsp3) is 0.174. The fourth-order valence-electron chi connectivity index (χ4n) is 2.84. The molecule has 2 aromatic carbocycles. The van der Waals surface area contributed by atoms with Crippen molar-refractivity contribution in [2.24, 2.45) is 0 Å². The lowest BCUT2D eigenvalue weighted by atomic mass is 10.1. The quantitative estimate of drug-likeness (QED) is 0.433. The van der Waals surface area contributed by atoms with Gasteiger partial charge in [0.2, 0.25) is 0 Å². The van der Waals surface area contributed by atoms with E-state index in [0.29, 0.717) is 18.0 Å². The van der Waals surface area contributed by atoms with E-state index in [4.69, 9.17) is 14.6 Å². The number of rotatable bonds is 8. The molecule has 3 aromatic rings. The zero-order valence-corrected chi connectivity index (χ0v) is 16.4. The van der Waals surface area contributed by atoms with E-state index >= 15 is 0 Å². The van der Waals surface area contributed by atoms with Gasteiger partial charge in [-0.25, -0.2) is 4.79 Å². The number of hydrogen-bond donors (Lipinski definition) is 0. The third-order valence-corrected chi connectivity index (χ3v) is 4.16. The van der Waals surface area contributed by atoms with Crippen LogP contribution in [0.1, 0.15) is 18.1 Å².